The number of ketones is 1. The molecule has 42 heavy (non-hydrogen) atoms. The Bertz CT molecular complexity index is 1260. The van der Waals surface area contributed by atoms with Gasteiger partial charge < -0.3 is 14.5 Å². The number of nitriles is 1. The number of Topliss-reactive ketones (excluding diaryl/α,β-unsaturated/α-hetero) is 1. The predicted molar refractivity (Wildman–Crippen MR) is 159 cm³/mol. The third-order valence-corrected chi connectivity index (χ3v) is 11.7. The van der Waals surface area contributed by atoms with Gasteiger partial charge in [-0.25, -0.2) is 4.39 Å². The number of rotatable bonds is 6. The van der Waals surface area contributed by atoms with Crippen molar-refractivity contribution < 1.29 is 18.7 Å². The summed E-state index contributed by atoms with van der Waals surface area (Å²) in [5, 5.41) is 16.7. The number of piperazine rings is 1. The third kappa shape index (κ3) is 5.53. The monoisotopic (exact) mass is 596 g/mol. The maximum Gasteiger partial charge on any atom is 0.246 e. The first kappa shape index (κ1) is 29.7. The average Bonchev–Trinajstić information content (AvgIpc) is 3.42. The van der Waals surface area contributed by atoms with Crippen LogP contribution in [0.1, 0.15) is 43.2 Å². The lowest BCUT2D eigenvalue weighted by Gasteiger charge is -2.55. The van der Waals surface area contributed by atoms with Crippen molar-refractivity contribution in [3.8, 4) is 6.07 Å². The van der Waals surface area contributed by atoms with Crippen LogP contribution in [0.25, 0.3) is 0 Å². The summed E-state index contributed by atoms with van der Waals surface area (Å²) in [6.07, 6.45) is 4.97. The van der Waals surface area contributed by atoms with Crippen LogP contribution in [-0.2, 0) is 26.5 Å². The number of fused-ring (bicyclic) bond motifs is 2. The largest absolute Gasteiger partial charge is 0.348 e. The van der Waals surface area contributed by atoms with Crippen LogP contribution in [0.2, 0.25) is 0 Å². The average molecular weight is 597 g/mol. The van der Waals surface area contributed by atoms with Crippen LogP contribution in [0, 0.1) is 23.1 Å². The minimum absolute atomic E-state index is 0.0239. The van der Waals surface area contributed by atoms with E-state index in [9.17, 15) is 19.2 Å². The van der Waals surface area contributed by atoms with Crippen molar-refractivity contribution in [1.29, 1.82) is 5.26 Å². The lowest BCUT2D eigenvalue weighted by molar-refractivity contribution is -0.145. The molecule has 0 radical (unpaired) electrons. The number of likely N-dealkylation sites (tertiary alicyclic amines) is 1. The van der Waals surface area contributed by atoms with E-state index in [1.165, 1.54) is 12.1 Å². The molecule has 6 unspecified atom stereocenters. The fraction of sp³-hybridized carbons (Fsp3) is 0.645. The molecule has 4 fully saturated rings. The molecule has 4 aliphatic heterocycles. The Morgan fingerprint density at radius 3 is 2.90 bits per heavy atom. The first-order chi connectivity index (χ1) is 20.3. The van der Waals surface area contributed by atoms with Crippen LogP contribution in [0.4, 0.5) is 4.39 Å². The summed E-state index contributed by atoms with van der Waals surface area (Å²) in [5.41, 5.74) is 1.65. The van der Waals surface area contributed by atoms with Crippen molar-refractivity contribution >= 4 is 23.5 Å². The van der Waals surface area contributed by atoms with E-state index in [-0.39, 0.29) is 42.1 Å². The number of carbonyl (C=O) groups is 2. The van der Waals surface area contributed by atoms with E-state index >= 15 is 0 Å². The molecule has 6 rings (SSSR count). The zero-order valence-corrected chi connectivity index (χ0v) is 25.1. The molecular formula is C31H41FN6O3S. The van der Waals surface area contributed by atoms with Gasteiger partial charge in [0.05, 0.1) is 42.1 Å². The summed E-state index contributed by atoms with van der Waals surface area (Å²) < 4.78 is 20.6. The minimum atomic E-state index is -0.667. The number of hydrogen-bond donors (Lipinski definition) is 2. The molecule has 1 aromatic rings. The van der Waals surface area contributed by atoms with Gasteiger partial charge in [0.1, 0.15) is 5.82 Å². The Balaban J connectivity index is 1.25. The molecule has 226 valence electrons. The molecular weight excluding hydrogens is 555 g/mol. The van der Waals surface area contributed by atoms with Crippen LogP contribution in [-0.4, -0.2) is 102 Å². The number of benzene rings is 1. The molecule has 4 heterocycles. The van der Waals surface area contributed by atoms with Gasteiger partial charge in [0.15, 0.2) is 12.1 Å². The second kappa shape index (κ2) is 12.3. The highest BCUT2D eigenvalue weighted by Gasteiger charge is 2.56. The molecule has 3 saturated heterocycles. The number of nitrogens with one attached hydrogen (secondary N) is 2. The standard InChI is InChI=1S/C31H41FN6O3S/c1-3-26(39)38-15-14-37(17-21(38)10-12-33)29-23-9-11-31(16-24-20(19-42-31)6-4-8-25(24)32)28(40)27(23)34-30(35-29)41-18-22-7-5-13-36(22)2/h3-4,6,8,21-23,27,29-30,34-35H,1,5,7,9-11,13-19H2,2H3/t21?,22?,23?,27?,29?,30?,31-/m0/s1. The van der Waals surface area contributed by atoms with Gasteiger partial charge in [-0.3, -0.25) is 25.1 Å². The summed E-state index contributed by atoms with van der Waals surface area (Å²) in [4.78, 5) is 33.3. The Morgan fingerprint density at radius 2 is 2.14 bits per heavy atom. The molecule has 1 amide bonds. The van der Waals surface area contributed by atoms with Gasteiger partial charge in [0.2, 0.25) is 5.91 Å². The first-order valence-electron chi connectivity index (χ1n) is 15.2. The molecule has 1 spiro atoms. The van der Waals surface area contributed by atoms with Crippen molar-refractivity contribution in [1.82, 2.24) is 25.3 Å². The summed E-state index contributed by atoms with van der Waals surface area (Å²) in [6, 6.07) is 7.08. The Kier molecular flexibility index (Phi) is 8.74. The van der Waals surface area contributed by atoms with E-state index in [2.05, 4.69) is 40.1 Å². The summed E-state index contributed by atoms with van der Waals surface area (Å²) in [5.74, 6) is 0.343. The van der Waals surface area contributed by atoms with E-state index in [0.29, 0.717) is 56.4 Å². The van der Waals surface area contributed by atoms with Crippen LogP contribution in [0.15, 0.2) is 30.9 Å². The molecule has 1 saturated carbocycles. The van der Waals surface area contributed by atoms with Gasteiger partial charge in [0.25, 0.3) is 0 Å². The molecule has 2 N–H and O–H groups in total. The number of halogens is 1. The SMILES string of the molecule is C=CC(=O)N1CCN(C2NC(OCC3CCCN3C)NC3C(=O)[C@]4(CCC32)Cc2c(F)cccc2CS4)CC1CC#N. The minimum Gasteiger partial charge on any atom is -0.348 e. The Labute approximate surface area is 251 Å². The van der Waals surface area contributed by atoms with Crippen LogP contribution >= 0.6 is 11.8 Å². The van der Waals surface area contributed by atoms with Crippen LogP contribution < -0.4 is 10.6 Å². The molecule has 1 aromatic carbocycles. The fourth-order valence-electron chi connectivity index (χ4n) is 7.69. The quantitative estimate of drug-likeness (QED) is 0.479. The zero-order valence-electron chi connectivity index (χ0n) is 24.3. The topological polar surface area (TPSA) is 101 Å². The zero-order chi connectivity index (χ0) is 29.4. The maximum atomic E-state index is 14.9. The number of carbonyl (C=O) groups excluding carboxylic acids is 2. The molecule has 5 aliphatic rings. The van der Waals surface area contributed by atoms with E-state index < -0.39 is 17.1 Å². The molecule has 7 atom stereocenters. The van der Waals surface area contributed by atoms with Gasteiger partial charge in [-0.15, -0.1) is 11.8 Å². The van der Waals surface area contributed by atoms with E-state index in [4.69, 9.17) is 4.74 Å². The van der Waals surface area contributed by atoms with Gasteiger partial charge >= 0.3 is 0 Å². The number of hydrogen-bond acceptors (Lipinski definition) is 9. The van der Waals surface area contributed by atoms with Crippen LogP contribution in [0.5, 0.6) is 0 Å². The van der Waals surface area contributed by atoms with E-state index in [0.717, 1.165) is 31.4 Å². The number of nitrogens with zero attached hydrogens (tertiary/aromatic N) is 4. The van der Waals surface area contributed by atoms with Crippen molar-refractivity contribution in [3.05, 3.63) is 47.8 Å². The maximum absolute atomic E-state index is 14.9. The summed E-state index contributed by atoms with van der Waals surface area (Å²) in [6.45, 7) is 6.88. The lowest BCUT2D eigenvalue weighted by atomic mass is 9.71. The number of amides is 1. The molecule has 1 aliphatic carbocycles. The first-order valence-corrected chi connectivity index (χ1v) is 16.1. The Hall–Kier alpha value is -2.33. The van der Waals surface area contributed by atoms with Crippen molar-refractivity contribution in [2.24, 2.45) is 5.92 Å². The molecule has 0 aromatic heterocycles. The van der Waals surface area contributed by atoms with Crippen molar-refractivity contribution in [3.63, 3.8) is 0 Å². The Morgan fingerprint density at radius 1 is 1.29 bits per heavy atom. The van der Waals surface area contributed by atoms with E-state index in [1.807, 2.05) is 6.07 Å². The van der Waals surface area contributed by atoms with Gasteiger partial charge in [-0.05, 0) is 69.0 Å². The number of ether oxygens (including phenoxy) is 1. The fourth-order valence-corrected chi connectivity index (χ4v) is 9.17. The number of thioether (sulfide) groups is 1. The normalized spacial score (nSPS) is 35.5. The van der Waals surface area contributed by atoms with Crippen LogP contribution in [0.3, 0.4) is 0 Å². The third-order valence-electron chi connectivity index (χ3n) is 10.1. The summed E-state index contributed by atoms with van der Waals surface area (Å²) >= 11 is 1.66. The smallest absolute Gasteiger partial charge is 0.246 e. The van der Waals surface area contributed by atoms with Crippen molar-refractivity contribution in [2.75, 3.05) is 39.8 Å². The van der Waals surface area contributed by atoms with Gasteiger partial charge in [0, 0.05) is 37.3 Å². The second-order valence-electron chi connectivity index (χ2n) is 12.4. The predicted octanol–water partition coefficient (Wildman–Crippen LogP) is 2.23. The summed E-state index contributed by atoms with van der Waals surface area (Å²) in [7, 11) is 2.12. The van der Waals surface area contributed by atoms with Gasteiger partial charge in [-0.1, -0.05) is 18.7 Å². The highest BCUT2D eigenvalue weighted by atomic mass is 32.2. The lowest BCUT2D eigenvalue weighted by Crippen LogP contribution is -2.75. The molecule has 0 bridgehead atoms. The van der Waals surface area contributed by atoms with Gasteiger partial charge in [-0.2, -0.15) is 5.26 Å². The second-order valence-corrected chi connectivity index (χ2v) is 13.8. The highest BCUT2D eigenvalue weighted by Crippen LogP contribution is 2.49. The number of likely N-dealkylation sites (N-methyl/N-ethyl adjacent to an activating group) is 1. The molecule has 9 nitrogen and oxygen atoms in total. The molecule has 11 heteroatoms. The van der Waals surface area contributed by atoms with Crippen molar-refractivity contribution in [2.45, 2.75) is 79.7 Å². The highest BCUT2D eigenvalue weighted by molar-refractivity contribution is 8.00. The van der Waals surface area contributed by atoms with E-state index in [1.54, 1.807) is 22.7 Å².